The van der Waals surface area contributed by atoms with Crippen LogP contribution in [0.1, 0.15) is 26.2 Å². The number of hydrogen-bond donors (Lipinski definition) is 2. The second kappa shape index (κ2) is 5.07. The second-order valence-corrected chi connectivity index (χ2v) is 3.48. The molecule has 0 saturated carbocycles. The summed E-state index contributed by atoms with van der Waals surface area (Å²) in [5.74, 6) is 0. The normalized spacial score (nSPS) is 21.8. The molecule has 1 aliphatic heterocycles. The Balaban J connectivity index is 2.40. The van der Waals surface area contributed by atoms with Gasteiger partial charge < -0.3 is 15.3 Å². The van der Waals surface area contributed by atoms with Gasteiger partial charge in [-0.3, -0.25) is 0 Å². The Morgan fingerprint density at radius 2 is 2.46 bits per heavy atom. The maximum absolute atomic E-state index is 10.9. The first-order valence-corrected chi connectivity index (χ1v) is 4.96. The van der Waals surface area contributed by atoms with Crippen LogP contribution in [-0.4, -0.2) is 41.8 Å². The molecule has 2 N–H and O–H groups in total. The summed E-state index contributed by atoms with van der Waals surface area (Å²) < 4.78 is 0. The fourth-order valence-electron chi connectivity index (χ4n) is 1.67. The van der Waals surface area contributed by atoms with Crippen molar-refractivity contribution in [3.63, 3.8) is 0 Å². The van der Waals surface area contributed by atoms with Gasteiger partial charge in [-0.25, -0.2) is 4.79 Å². The number of carboxylic acid groups (broad SMARTS) is 1. The van der Waals surface area contributed by atoms with Gasteiger partial charge in [0.15, 0.2) is 0 Å². The predicted molar refractivity (Wildman–Crippen MR) is 50.9 cm³/mol. The molecule has 1 atom stereocenters. The molecule has 1 amide bonds. The van der Waals surface area contributed by atoms with Crippen LogP contribution in [0.3, 0.4) is 0 Å². The maximum Gasteiger partial charge on any atom is 0.407 e. The number of hydrogen-bond acceptors (Lipinski definition) is 2. The fourth-order valence-corrected chi connectivity index (χ4v) is 1.67. The molecule has 1 fully saturated rings. The first-order chi connectivity index (χ1) is 6.25. The fraction of sp³-hybridized carbons (Fsp3) is 0.889. The zero-order valence-corrected chi connectivity index (χ0v) is 8.12. The molecule has 0 bridgehead atoms. The van der Waals surface area contributed by atoms with Crippen molar-refractivity contribution in [1.29, 1.82) is 0 Å². The summed E-state index contributed by atoms with van der Waals surface area (Å²) in [6.07, 6.45) is 2.19. The Morgan fingerprint density at radius 1 is 1.69 bits per heavy atom. The van der Waals surface area contributed by atoms with Crippen molar-refractivity contribution in [2.45, 2.75) is 32.2 Å². The minimum absolute atomic E-state index is 0.198. The molecule has 1 rings (SSSR count). The van der Waals surface area contributed by atoms with Crippen LogP contribution >= 0.6 is 0 Å². The van der Waals surface area contributed by atoms with E-state index in [2.05, 4.69) is 12.2 Å². The van der Waals surface area contributed by atoms with E-state index in [9.17, 15) is 4.79 Å². The Hall–Kier alpha value is -0.770. The summed E-state index contributed by atoms with van der Waals surface area (Å²) >= 11 is 0. The molecule has 0 aromatic carbocycles. The van der Waals surface area contributed by atoms with Gasteiger partial charge in [0, 0.05) is 19.1 Å². The first-order valence-electron chi connectivity index (χ1n) is 4.96. The van der Waals surface area contributed by atoms with Crippen molar-refractivity contribution in [2.24, 2.45) is 0 Å². The van der Waals surface area contributed by atoms with Crippen molar-refractivity contribution < 1.29 is 9.90 Å². The Kier molecular flexibility index (Phi) is 4.02. The van der Waals surface area contributed by atoms with Crippen molar-refractivity contribution in [2.75, 3.05) is 19.6 Å². The third-order valence-corrected chi connectivity index (χ3v) is 2.47. The van der Waals surface area contributed by atoms with Crippen LogP contribution in [0, 0.1) is 0 Å². The zero-order chi connectivity index (χ0) is 9.68. The molecule has 13 heavy (non-hydrogen) atoms. The molecule has 0 unspecified atom stereocenters. The molecule has 0 aromatic rings. The summed E-state index contributed by atoms with van der Waals surface area (Å²) in [7, 11) is 0. The molecule has 4 nitrogen and oxygen atoms in total. The van der Waals surface area contributed by atoms with Gasteiger partial charge in [0.25, 0.3) is 0 Å². The molecule has 1 heterocycles. The molecule has 0 aromatic heterocycles. The van der Waals surface area contributed by atoms with Gasteiger partial charge in [-0.1, -0.05) is 13.3 Å². The Morgan fingerprint density at radius 3 is 2.92 bits per heavy atom. The number of nitrogens with one attached hydrogen (secondary N) is 1. The number of unbranched alkanes of at least 4 members (excludes halogenated alkanes) is 1. The van der Waals surface area contributed by atoms with Crippen LogP contribution in [0.2, 0.25) is 0 Å². The third-order valence-electron chi connectivity index (χ3n) is 2.47. The molecule has 4 heteroatoms. The number of rotatable bonds is 4. The Bertz CT molecular complexity index is 167. The van der Waals surface area contributed by atoms with Crippen LogP contribution < -0.4 is 5.32 Å². The average Bonchev–Trinajstić information content (AvgIpc) is 2.57. The third kappa shape index (κ3) is 2.88. The highest BCUT2D eigenvalue weighted by Gasteiger charge is 2.25. The molecule has 0 aliphatic carbocycles. The van der Waals surface area contributed by atoms with Crippen LogP contribution in [0.4, 0.5) is 4.79 Å². The summed E-state index contributed by atoms with van der Waals surface area (Å²) in [4.78, 5) is 12.5. The van der Waals surface area contributed by atoms with E-state index in [0.717, 1.165) is 32.4 Å². The van der Waals surface area contributed by atoms with E-state index in [1.165, 1.54) is 0 Å². The molecule has 76 valence electrons. The number of amides is 1. The van der Waals surface area contributed by atoms with E-state index in [4.69, 9.17) is 5.11 Å². The average molecular weight is 186 g/mol. The highest BCUT2D eigenvalue weighted by atomic mass is 16.4. The monoisotopic (exact) mass is 186 g/mol. The number of nitrogens with zero attached hydrogens (tertiary/aromatic N) is 1. The zero-order valence-electron chi connectivity index (χ0n) is 8.12. The SMILES string of the molecule is CCCCN(C(=O)O)[C@@H]1CCNC1. The topological polar surface area (TPSA) is 52.6 Å². The van der Waals surface area contributed by atoms with E-state index >= 15 is 0 Å². The van der Waals surface area contributed by atoms with Crippen LogP contribution in [-0.2, 0) is 0 Å². The summed E-state index contributed by atoms with van der Waals surface area (Å²) in [5, 5.41) is 12.1. The van der Waals surface area contributed by atoms with E-state index < -0.39 is 6.09 Å². The second-order valence-electron chi connectivity index (χ2n) is 3.48. The van der Waals surface area contributed by atoms with Crippen molar-refractivity contribution in [3.05, 3.63) is 0 Å². The van der Waals surface area contributed by atoms with Gasteiger partial charge in [-0.05, 0) is 19.4 Å². The highest BCUT2D eigenvalue weighted by Crippen LogP contribution is 2.09. The molecule has 1 aliphatic rings. The van der Waals surface area contributed by atoms with Gasteiger partial charge in [0.2, 0.25) is 0 Å². The van der Waals surface area contributed by atoms with Gasteiger partial charge in [0.05, 0.1) is 0 Å². The van der Waals surface area contributed by atoms with Gasteiger partial charge >= 0.3 is 6.09 Å². The quantitative estimate of drug-likeness (QED) is 0.692. The first kappa shape index (κ1) is 10.3. The largest absolute Gasteiger partial charge is 0.465 e. The lowest BCUT2D eigenvalue weighted by atomic mass is 10.2. The van der Waals surface area contributed by atoms with Crippen LogP contribution in [0.5, 0.6) is 0 Å². The van der Waals surface area contributed by atoms with E-state index in [-0.39, 0.29) is 6.04 Å². The lowest BCUT2D eigenvalue weighted by Gasteiger charge is -2.25. The molecule has 0 spiro atoms. The smallest absolute Gasteiger partial charge is 0.407 e. The molecule has 0 radical (unpaired) electrons. The van der Waals surface area contributed by atoms with Crippen molar-refractivity contribution in [1.82, 2.24) is 10.2 Å². The van der Waals surface area contributed by atoms with Crippen molar-refractivity contribution in [3.8, 4) is 0 Å². The summed E-state index contributed by atoms with van der Waals surface area (Å²) in [5.41, 5.74) is 0. The minimum atomic E-state index is -0.776. The molecule has 1 saturated heterocycles. The highest BCUT2D eigenvalue weighted by molar-refractivity contribution is 5.65. The van der Waals surface area contributed by atoms with Crippen LogP contribution in [0.15, 0.2) is 0 Å². The summed E-state index contributed by atoms with van der Waals surface area (Å²) in [6, 6.07) is 0.198. The maximum atomic E-state index is 10.9. The molecular formula is C9H18N2O2. The van der Waals surface area contributed by atoms with E-state index in [1.807, 2.05) is 0 Å². The van der Waals surface area contributed by atoms with E-state index in [1.54, 1.807) is 4.90 Å². The minimum Gasteiger partial charge on any atom is -0.465 e. The Labute approximate surface area is 78.9 Å². The number of carbonyl (C=O) groups is 1. The standard InChI is InChI=1S/C9H18N2O2/c1-2-3-6-11(9(12)13)8-4-5-10-7-8/h8,10H,2-7H2,1H3,(H,12,13)/t8-/m1/s1. The summed E-state index contributed by atoms with van der Waals surface area (Å²) in [6.45, 7) is 4.52. The van der Waals surface area contributed by atoms with E-state index in [0.29, 0.717) is 6.54 Å². The lowest BCUT2D eigenvalue weighted by molar-refractivity contribution is 0.127. The van der Waals surface area contributed by atoms with Gasteiger partial charge in [0.1, 0.15) is 0 Å². The van der Waals surface area contributed by atoms with Gasteiger partial charge in [-0.15, -0.1) is 0 Å². The predicted octanol–water partition coefficient (Wildman–Crippen LogP) is 1.13. The van der Waals surface area contributed by atoms with Crippen molar-refractivity contribution >= 4 is 6.09 Å². The van der Waals surface area contributed by atoms with Gasteiger partial charge in [-0.2, -0.15) is 0 Å². The van der Waals surface area contributed by atoms with Crippen LogP contribution in [0.25, 0.3) is 0 Å². The molecular weight excluding hydrogens is 168 g/mol. The lowest BCUT2D eigenvalue weighted by Crippen LogP contribution is -2.41.